The molecule has 0 rings (SSSR count). The van der Waals surface area contributed by atoms with Gasteiger partial charge in [-0.15, -0.1) is 0 Å². The third-order valence-electron chi connectivity index (χ3n) is 2.76. The van der Waals surface area contributed by atoms with Gasteiger partial charge in [0.15, 0.2) is 0 Å². The largest absolute Gasteiger partial charge is 0.392 e. The maximum absolute atomic E-state index is 9.83. The normalized spacial score (nSPS) is 15.5. The third kappa shape index (κ3) is 5.38. The van der Waals surface area contributed by atoms with E-state index in [4.69, 9.17) is 5.41 Å². The summed E-state index contributed by atoms with van der Waals surface area (Å²) in [6.45, 7) is 6.31. The Hall–Kier alpha value is -0.370. The predicted molar refractivity (Wildman–Crippen MR) is 61.9 cm³/mol. The van der Waals surface area contributed by atoms with Crippen LogP contribution in [0.2, 0.25) is 0 Å². The molecular formula is C12H25NO. The molecule has 2 nitrogen and oxygen atoms in total. The van der Waals surface area contributed by atoms with Gasteiger partial charge in [0.2, 0.25) is 0 Å². The summed E-state index contributed by atoms with van der Waals surface area (Å²) >= 11 is 0. The Morgan fingerprint density at radius 2 is 1.86 bits per heavy atom. The van der Waals surface area contributed by atoms with Crippen LogP contribution < -0.4 is 0 Å². The van der Waals surface area contributed by atoms with Gasteiger partial charge in [0.1, 0.15) is 0 Å². The van der Waals surface area contributed by atoms with E-state index in [1.54, 1.807) is 0 Å². The molecule has 0 spiro atoms. The molecule has 0 aromatic rings. The molecule has 2 unspecified atom stereocenters. The van der Waals surface area contributed by atoms with Crippen LogP contribution in [0.1, 0.15) is 52.9 Å². The monoisotopic (exact) mass is 199 g/mol. The quantitative estimate of drug-likeness (QED) is 0.457. The second-order valence-corrected chi connectivity index (χ2v) is 4.40. The van der Waals surface area contributed by atoms with E-state index in [2.05, 4.69) is 20.8 Å². The minimum Gasteiger partial charge on any atom is -0.392 e. The fraction of sp³-hybridized carbons (Fsp3) is 0.917. The Morgan fingerprint density at radius 1 is 1.21 bits per heavy atom. The molecule has 2 heteroatoms. The van der Waals surface area contributed by atoms with Gasteiger partial charge in [-0.05, 0) is 12.3 Å². The van der Waals surface area contributed by atoms with Crippen molar-refractivity contribution >= 4 is 6.21 Å². The smallest absolute Gasteiger partial charge is 0.0620 e. The van der Waals surface area contributed by atoms with Gasteiger partial charge in [0, 0.05) is 12.1 Å². The maximum atomic E-state index is 9.83. The average molecular weight is 199 g/mol. The summed E-state index contributed by atoms with van der Waals surface area (Å²) in [6.07, 6.45) is 6.71. The van der Waals surface area contributed by atoms with E-state index in [-0.39, 0.29) is 12.0 Å². The SMILES string of the molecule is CCCCCCC(O)C(C=N)C(C)C. The average Bonchev–Trinajstić information content (AvgIpc) is 2.13. The van der Waals surface area contributed by atoms with Crippen LogP contribution >= 0.6 is 0 Å². The standard InChI is InChI=1S/C12H25NO/c1-4-5-6-7-8-12(14)11(9-13)10(2)3/h9-14H,4-8H2,1-3H3. The molecule has 14 heavy (non-hydrogen) atoms. The zero-order valence-electron chi connectivity index (χ0n) is 9.79. The van der Waals surface area contributed by atoms with Gasteiger partial charge in [0.05, 0.1) is 6.10 Å². The number of rotatable bonds is 8. The maximum Gasteiger partial charge on any atom is 0.0620 e. The van der Waals surface area contributed by atoms with Crippen molar-refractivity contribution in [2.45, 2.75) is 59.0 Å². The Kier molecular flexibility index (Phi) is 7.77. The number of nitrogens with one attached hydrogen (secondary N) is 1. The Labute approximate surface area is 88.2 Å². The molecule has 84 valence electrons. The van der Waals surface area contributed by atoms with Gasteiger partial charge in [-0.25, -0.2) is 0 Å². The van der Waals surface area contributed by atoms with E-state index in [0.717, 1.165) is 12.8 Å². The van der Waals surface area contributed by atoms with Crippen LogP contribution in [0, 0.1) is 17.2 Å². The van der Waals surface area contributed by atoms with Crippen molar-refractivity contribution in [1.82, 2.24) is 0 Å². The molecule has 0 bridgehead atoms. The third-order valence-corrected chi connectivity index (χ3v) is 2.76. The Bertz CT molecular complexity index is 145. The molecule has 0 fully saturated rings. The van der Waals surface area contributed by atoms with Crippen molar-refractivity contribution in [2.75, 3.05) is 0 Å². The molecule has 0 saturated carbocycles. The minimum atomic E-state index is -0.315. The first-order chi connectivity index (χ1) is 6.63. The fourth-order valence-electron chi connectivity index (χ4n) is 1.72. The van der Waals surface area contributed by atoms with Crippen molar-refractivity contribution in [2.24, 2.45) is 11.8 Å². The van der Waals surface area contributed by atoms with Crippen LogP contribution in [0.4, 0.5) is 0 Å². The van der Waals surface area contributed by atoms with Crippen molar-refractivity contribution in [3.63, 3.8) is 0 Å². The van der Waals surface area contributed by atoms with E-state index in [1.165, 1.54) is 25.5 Å². The van der Waals surface area contributed by atoms with Crippen LogP contribution in [-0.2, 0) is 0 Å². The van der Waals surface area contributed by atoms with Crippen LogP contribution in [0.25, 0.3) is 0 Å². The highest BCUT2D eigenvalue weighted by molar-refractivity contribution is 5.58. The molecule has 0 aliphatic heterocycles. The van der Waals surface area contributed by atoms with Crippen LogP contribution in [0.15, 0.2) is 0 Å². The number of unbranched alkanes of at least 4 members (excludes halogenated alkanes) is 3. The summed E-state index contributed by atoms with van der Waals surface area (Å²) in [5.74, 6) is 0.408. The lowest BCUT2D eigenvalue weighted by Crippen LogP contribution is -2.26. The van der Waals surface area contributed by atoms with Gasteiger partial charge in [-0.2, -0.15) is 0 Å². The van der Waals surface area contributed by atoms with Crippen molar-refractivity contribution in [3.8, 4) is 0 Å². The number of hydrogen-bond donors (Lipinski definition) is 2. The highest BCUT2D eigenvalue weighted by Gasteiger charge is 2.19. The molecule has 0 aliphatic rings. The molecule has 2 N–H and O–H groups in total. The summed E-state index contributed by atoms with van der Waals surface area (Å²) in [5.41, 5.74) is 0. The van der Waals surface area contributed by atoms with Gasteiger partial charge in [-0.3, -0.25) is 0 Å². The van der Waals surface area contributed by atoms with Crippen LogP contribution in [0.5, 0.6) is 0 Å². The van der Waals surface area contributed by atoms with Gasteiger partial charge >= 0.3 is 0 Å². The Balaban J connectivity index is 3.69. The number of hydrogen-bond acceptors (Lipinski definition) is 2. The summed E-state index contributed by atoms with van der Waals surface area (Å²) in [7, 11) is 0. The van der Waals surface area contributed by atoms with E-state index in [9.17, 15) is 5.11 Å². The van der Waals surface area contributed by atoms with E-state index in [0.29, 0.717) is 5.92 Å². The van der Waals surface area contributed by atoms with E-state index in [1.807, 2.05) is 0 Å². The fourth-order valence-corrected chi connectivity index (χ4v) is 1.72. The van der Waals surface area contributed by atoms with Gasteiger partial charge in [0.25, 0.3) is 0 Å². The molecule has 0 aromatic carbocycles. The first-order valence-electron chi connectivity index (χ1n) is 5.82. The molecular weight excluding hydrogens is 174 g/mol. The zero-order valence-corrected chi connectivity index (χ0v) is 9.79. The number of aliphatic hydroxyl groups is 1. The second-order valence-electron chi connectivity index (χ2n) is 4.40. The molecule has 0 heterocycles. The van der Waals surface area contributed by atoms with Gasteiger partial charge < -0.3 is 10.5 Å². The van der Waals surface area contributed by atoms with Crippen LogP contribution in [-0.4, -0.2) is 17.4 Å². The first kappa shape index (κ1) is 13.6. The Morgan fingerprint density at radius 3 is 2.29 bits per heavy atom. The second kappa shape index (κ2) is 7.98. The van der Waals surface area contributed by atoms with Gasteiger partial charge in [-0.1, -0.05) is 46.5 Å². The summed E-state index contributed by atoms with van der Waals surface area (Å²) in [6, 6.07) is 0. The topological polar surface area (TPSA) is 44.1 Å². The first-order valence-corrected chi connectivity index (χ1v) is 5.82. The van der Waals surface area contributed by atoms with E-state index >= 15 is 0 Å². The zero-order chi connectivity index (χ0) is 11.0. The van der Waals surface area contributed by atoms with E-state index < -0.39 is 0 Å². The summed E-state index contributed by atoms with van der Waals surface area (Å²) in [4.78, 5) is 0. The number of aliphatic hydroxyl groups excluding tert-OH is 1. The van der Waals surface area contributed by atoms with Crippen LogP contribution in [0.3, 0.4) is 0 Å². The molecule has 0 amide bonds. The molecule has 2 atom stereocenters. The van der Waals surface area contributed by atoms with Crippen molar-refractivity contribution < 1.29 is 5.11 Å². The highest BCUT2D eigenvalue weighted by Crippen LogP contribution is 2.18. The lowest BCUT2D eigenvalue weighted by molar-refractivity contribution is 0.107. The predicted octanol–water partition coefficient (Wildman–Crippen LogP) is 3.24. The molecule has 0 saturated heterocycles. The summed E-state index contributed by atoms with van der Waals surface area (Å²) in [5, 5.41) is 17.1. The molecule has 0 aliphatic carbocycles. The molecule has 0 radical (unpaired) electrons. The lowest BCUT2D eigenvalue weighted by atomic mass is 9.88. The minimum absolute atomic E-state index is 0.0385. The van der Waals surface area contributed by atoms with Crippen molar-refractivity contribution in [1.29, 1.82) is 5.41 Å². The van der Waals surface area contributed by atoms with Crippen molar-refractivity contribution in [3.05, 3.63) is 0 Å². The highest BCUT2D eigenvalue weighted by atomic mass is 16.3. The lowest BCUT2D eigenvalue weighted by Gasteiger charge is -2.22. The summed E-state index contributed by atoms with van der Waals surface area (Å²) < 4.78 is 0. The molecule has 0 aromatic heterocycles.